The fraction of sp³-hybridized carbons (Fsp3) is 0.250. The summed E-state index contributed by atoms with van der Waals surface area (Å²) < 4.78 is 1.83. The number of carboxylic acid groups (broad SMARTS) is 1. The van der Waals surface area contributed by atoms with E-state index in [0.29, 0.717) is 10.5 Å². The van der Waals surface area contributed by atoms with Gasteiger partial charge in [0, 0.05) is 11.4 Å². The average molecular weight is 238 g/mol. The summed E-state index contributed by atoms with van der Waals surface area (Å²) in [5, 5.41) is 10.1. The van der Waals surface area contributed by atoms with E-state index in [1.807, 2.05) is 36.6 Å². The van der Waals surface area contributed by atoms with Crippen LogP contribution in [0.15, 0.2) is 24.3 Å². The van der Waals surface area contributed by atoms with Gasteiger partial charge in [0.1, 0.15) is 10.7 Å². The normalized spacial score (nSPS) is 11.2. The van der Waals surface area contributed by atoms with Crippen LogP contribution in [-0.4, -0.2) is 15.6 Å². The van der Waals surface area contributed by atoms with Crippen LogP contribution < -0.4 is 0 Å². The summed E-state index contributed by atoms with van der Waals surface area (Å²) in [7, 11) is 0. The van der Waals surface area contributed by atoms with E-state index in [2.05, 4.69) is 0 Å². The van der Waals surface area contributed by atoms with Crippen LogP contribution in [0.2, 0.25) is 5.15 Å². The van der Waals surface area contributed by atoms with E-state index < -0.39 is 5.97 Å². The number of benzene rings is 1. The van der Waals surface area contributed by atoms with Crippen LogP contribution in [0, 0.1) is 0 Å². The highest BCUT2D eigenvalue weighted by atomic mass is 35.5. The predicted molar refractivity (Wildman–Crippen MR) is 64.3 cm³/mol. The van der Waals surface area contributed by atoms with Gasteiger partial charge in [-0.15, -0.1) is 0 Å². The fourth-order valence-electron chi connectivity index (χ4n) is 1.94. The molecule has 1 aromatic carbocycles. The lowest BCUT2D eigenvalue weighted by molar-refractivity contribution is 0.0699. The Balaban J connectivity index is 2.91. The van der Waals surface area contributed by atoms with Gasteiger partial charge in [-0.2, -0.15) is 0 Å². The smallest absolute Gasteiger partial charge is 0.339 e. The van der Waals surface area contributed by atoms with E-state index >= 15 is 0 Å². The number of para-hydroxylation sites is 1. The van der Waals surface area contributed by atoms with Crippen molar-refractivity contribution in [2.45, 2.75) is 19.9 Å². The molecule has 1 aromatic heterocycles. The minimum atomic E-state index is -0.986. The van der Waals surface area contributed by atoms with Crippen molar-refractivity contribution in [2.24, 2.45) is 0 Å². The van der Waals surface area contributed by atoms with Gasteiger partial charge in [-0.1, -0.05) is 29.8 Å². The van der Waals surface area contributed by atoms with Gasteiger partial charge >= 0.3 is 5.97 Å². The van der Waals surface area contributed by atoms with E-state index in [1.165, 1.54) is 0 Å². The van der Waals surface area contributed by atoms with Gasteiger partial charge in [-0.3, -0.25) is 0 Å². The molecule has 0 atom stereocenters. The number of aromatic nitrogens is 1. The van der Waals surface area contributed by atoms with Crippen LogP contribution in [0.1, 0.15) is 30.2 Å². The van der Waals surface area contributed by atoms with Crippen LogP contribution in [0.4, 0.5) is 0 Å². The van der Waals surface area contributed by atoms with E-state index in [4.69, 9.17) is 16.7 Å². The van der Waals surface area contributed by atoms with Crippen molar-refractivity contribution >= 4 is 28.5 Å². The van der Waals surface area contributed by atoms with Gasteiger partial charge in [-0.05, 0) is 19.9 Å². The van der Waals surface area contributed by atoms with E-state index in [1.54, 1.807) is 6.07 Å². The molecule has 2 rings (SSSR count). The van der Waals surface area contributed by atoms with Crippen LogP contribution >= 0.6 is 11.6 Å². The van der Waals surface area contributed by atoms with E-state index in [9.17, 15) is 4.79 Å². The van der Waals surface area contributed by atoms with Crippen molar-refractivity contribution in [3.8, 4) is 0 Å². The zero-order valence-corrected chi connectivity index (χ0v) is 9.82. The highest BCUT2D eigenvalue weighted by Gasteiger charge is 2.21. The molecule has 84 valence electrons. The zero-order valence-electron chi connectivity index (χ0n) is 9.07. The SMILES string of the molecule is CC(C)n1c(Cl)c(C(=O)O)c2ccccc21. The molecule has 1 N–H and O–H groups in total. The minimum absolute atomic E-state index is 0.130. The van der Waals surface area contributed by atoms with E-state index in [0.717, 1.165) is 5.52 Å². The number of carboxylic acids is 1. The van der Waals surface area contributed by atoms with Gasteiger partial charge in [0.25, 0.3) is 0 Å². The molecule has 0 bridgehead atoms. The molecule has 2 aromatic rings. The highest BCUT2D eigenvalue weighted by molar-refractivity contribution is 6.35. The second-order valence-electron chi connectivity index (χ2n) is 3.95. The zero-order chi connectivity index (χ0) is 11.9. The Morgan fingerprint density at radius 2 is 2.00 bits per heavy atom. The molecule has 3 nitrogen and oxygen atoms in total. The van der Waals surface area contributed by atoms with Crippen molar-refractivity contribution in [2.75, 3.05) is 0 Å². The highest BCUT2D eigenvalue weighted by Crippen LogP contribution is 2.32. The molecule has 0 spiro atoms. The molecular formula is C12H12ClNO2. The van der Waals surface area contributed by atoms with Crippen LogP contribution in [-0.2, 0) is 0 Å². The maximum Gasteiger partial charge on any atom is 0.339 e. The molecule has 0 unspecified atom stereocenters. The summed E-state index contributed by atoms with van der Waals surface area (Å²) in [6.45, 7) is 3.95. The third-order valence-electron chi connectivity index (χ3n) is 2.58. The number of carbonyl (C=O) groups is 1. The van der Waals surface area contributed by atoms with Crippen LogP contribution in [0.25, 0.3) is 10.9 Å². The van der Waals surface area contributed by atoms with Gasteiger partial charge in [0.2, 0.25) is 0 Å². The Hall–Kier alpha value is -1.48. The molecule has 4 heteroatoms. The number of hydrogen-bond donors (Lipinski definition) is 1. The molecule has 0 fully saturated rings. The molecule has 0 aliphatic carbocycles. The minimum Gasteiger partial charge on any atom is -0.478 e. The first-order chi connectivity index (χ1) is 7.54. The summed E-state index contributed by atoms with van der Waals surface area (Å²) in [5.41, 5.74) is 1.05. The number of halogens is 1. The van der Waals surface area contributed by atoms with Crippen molar-refractivity contribution in [1.29, 1.82) is 0 Å². The van der Waals surface area contributed by atoms with Crippen molar-refractivity contribution in [3.05, 3.63) is 35.0 Å². The second-order valence-corrected chi connectivity index (χ2v) is 4.31. The summed E-state index contributed by atoms with van der Waals surface area (Å²) >= 11 is 6.12. The van der Waals surface area contributed by atoms with Gasteiger partial charge in [0.15, 0.2) is 0 Å². The number of rotatable bonds is 2. The molecule has 0 amide bonds. The summed E-state index contributed by atoms with van der Waals surface area (Å²) in [6, 6.07) is 7.49. The lowest BCUT2D eigenvalue weighted by Crippen LogP contribution is -2.02. The number of hydrogen-bond acceptors (Lipinski definition) is 1. The summed E-state index contributed by atoms with van der Waals surface area (Å²) in [6.07, 6.45) is 0. The predicted octanol–water partition coefficient (Wildman–Crippen LogP) is 3.57. The maximum absolute atomic E-state index is 11.2. The molecule has 0 saturated heterocycles. The third kappa shape index (κ3) is 1.48. The third-order valence-corrected chi connectivity index (χ3v) is 2.95. The number of fused-ring (bicyclic) bond motifs is 1. The Bertz CT molecular complexity index is 557. The largest absolute Gasteiger partial charge is 0.478 e. The Morgan fingerprint density at radius 3 is 2.56 bits per heavy atom. The standard InChI is InChI=1S/C12H12ClNO2/c1-7(2)14-9-6-4-3-5-8(9)10(11(14)13)12(15)16/h3-7H,1-2H3,(H,15,16). The fourth-order valence-corrected chi connectivity index (χ4v) is 2.41. The molecule has 0 aliphatic heterocycles. The Morgan fingerprint density at radius 1 is 1.38 bits per heavy atom. The first-order valence-electron chi connectivity index (χ1n) is 5.05. The lowest BCUT2D eigenvalue weighted by atomic mass is 10.2. The first kappa shape index (κ1) is 11.0. The second kappa shape index (κ2) is 3.83. The van der Waals surface area contributed by atoms with Crippen molar-refractivity contribution in [3.63, 3.8) is 0 Å². The first-order valence-corrected chi connectivity index (χ1v) is 5.43. The van der Waals surface area contributed by atoms with Gasteiger partial charge in [-0.25, -0.2) is 4.79 Å². The van der Waals surface area contributed by atoms with Gasteiger partial charge in [0.05, 0.1) is 5.52 Å². The van der Waals surface area contributed by atoms with Crippen molar-refractivity contribution < 1.29 is 9.90 Å². The Kier molecular flexibility index (Phi) is 2.64. The van der Waals surface area contributed by atoms with Crippen LogP contribution in [0.3, 0.4) is 0 Å². The molecule has 0 radical (unpaired) electrons. The van der Waals surface area contributed by atoms with Gasteiger partial charge < -0.3 is 9.67 Å². The Labute approximate surface area is 98.3 Å². The molecule has 1 heterocycles. The quantitative estimate of drug-likeness (QED) is 0.868. The molecule has 0 aliphatic rings. The van der Waals surface area contributed by atoms with Crippen molar-refractivity contribution in [1.82, 2.24) is 4.57 Å². The van der Waals surface area contributed by atoms with Crippen LogP contribution in [0.5, 0.6) is 0 Å². The molecular weight excluding hydrogens is 226 g/mol. The lowest BCUT2D eigenvalue weighted by Gasteiger charge is -2.10. The van der Waals surface area contributed by atoms with E-state index in [-0.39, 0.29) is 11.6 Å². The molecule has 0 saturated carbocycles. The maximum atomic E-state index is 11.2. The topological polar surface area (TPSA) is 42.2 Å². The molecule has 16 heavy (non-hydrogen) atoms. The summed E-state index contributed by atoms with van der Waals surface area (Å²) in [5.74, 6) is -0.986. The average Bonchev–Trinajstić information content (AvgIpc) is 2.49. The number of aromatic carboxylic acids is 1. The number of nitrogens with zero attached hydrogens (tertiary/aromatic N) is 1. The monoisotopic (exact) mass is 237 g/mol. The summed E-state index contributed by atoms with van der Waals surface area (Å²) in [4.78, 5) is 11.2.